The average Bonchev–Trinajstić information content (AvgIpc) is 2.91. The number of benzene rings is 1. The van der Waals surface area contributed by atoms with Crippen LogP contribution in [0.3, 0.4) is 0 Å². The number of carbonyl (C=O) groups is 1. The summed E-state index contributed by atoms with van der Waals surface area (Å²) in [4.78, 5) is 25.2. The zero-order chi connectivity index (χ0) is 18.5. The second kappa shape index (κ2) is 8.23. The van der Waals surface area contributed by atoms with Crippen LogP contribution in [0.2, 0.25) is 5.02 Å². The maximum Gasteiger partial charge on any atom is 0.322 e. The van der Waals surface area contributed by atoms with Crippen LogP contribution in [0.25, 0.3) is 0 Å². The summed E-state index contributed by atoms with van der Waals surface area (Å²) in [7, 11) is 1.56. The molecule has 1 N–H and O–H groups in total. The molecule has 2 heterocycles. The molecule has 1 aliphatic rings. The number of anilines is 2. The molecule has 0 unspecified atom stereocenters. The highest BCUT2D eigenvalue weighted by molar-refractivity contribution is 6.31. The first-order chi connectivity index (χ1) is 12.6. The lowest BCUT2D eigenvalue weighted by atomic mass is 10.2. The van der Waals surface area contributed by atoms with Crippen molar-refractivity contribution in [2.45, 2.75) is 13.3 Å². The van der Waals surface area contributed by atoms with E-state index in [0.29, 0.717) is 42.0 Å². The van der Waals surface area contributed by atoms with Crippen LogP contribution < -0.4 is 15.0 Å². The predicted molar refractivity (Wildman–Crippen MR) is 102 cm³/mol. The van der Waals surface area contributed by atoms with Gasteiger partial charge in [-0.15, -0.1) is 0 Å². The van der Waals surface area contributed by atoms with Gasteiger partial charge in [-0.25, -0.2) is 14.8 Å². The maximum absolute atomic E-state index is 12.7. The first-order valence-corrected chi connectivity index (χ1v) is 8.88. The molecule has 0 radical (unpaired) electrons. The van der Waals surface area contributed by atoms with E-state index in [1.807, 2.05) is 13.0 Å². The molecule has 8 heteroatoms. The molecular weight excluding hydrogens is 354 g/mol. The number of ether oxygens (including phenoxy) is 1. The van der Waals surface area contributed by atoms with E-state index in [9.17, 15) is 4.79 Å². The number of nitrogens with zero attached hydrogens (tertiary/aromatic N) is 4. The van der Waals surface area contributed by atoms with Crippen LogP contribution in [0.4, 0.5) is 16.4 Å². The molecule has 1 saturated heterocycles. The Bertz CT molecular complexity index is 772. The number of nitrogens with one attached hydrogen (secondary N) is 1. The minimum atomic E-state index is -0.152. The van der Waals surface area contributed by atoms with Crippen LogP contribution in [0.1, 0.15) is 12.0 Å². The largest absolute Gasteiger partial charge is 0.495 e. The predicted octanol–water partition coefficient (Wildman–Crippen LogP) is 3.19. The fraction of sp³-hybridized carbons (Fsp3) is 0.389. The van der Waals surface area contributed by atoms with E-state index >= 15 is 0 Å². The summed E-state index contributed by atoms with van der Waals surface area (Å²) in [5.74, 6) is 1.24. The molecule has 2 aromatic rings. The fourth-order valence-corrected chi connectivity index (χ4v) is 3.05. The Balaban J connectivity index is 1.67. The first kappa shape index (κ1) is 18.3. The van der Waals surface area contributed by atoms with Crippen LogP contribution in [-0.4, -0.2) is 54.2 Å². The summed E-state index contributed by atoms with van der Waals surface area (Å²) >= 11 is 6.13. The van der Waals surface area contributed by atoms with Crippen molar-refractivity contribution in [1.29, 1.82) is 0 Å². The normalized spacial score (nSPS) is 14.7. The van der Waals surface area contributed by atoms with Gasteiger partial charge in [0.2, 0.25) is 5.95 Å². The quantitative estimate of drug-likeness (QED) is 0.892. The molecule has 2 amide bonds. The number of hydrogen-bond acceptors (Lipinski definition) is 5. The van der Waals surface area contributed by atoms with Crippen molar-refractivity contribution in [3.8, 4) is 5.75 Å². The van der Waals surface area contributed by atoms with Crippen LogP contribution in [0, 0.1) is 6.92 Å². The summed E-state index contributed by atoms with van der Waals surface area (Å²) in [6, 6.07) is 5.17. The number of amides is 2. The zero-order valence-electron chi connectivity index (χ0n) is 14.9. The van der Waals surface area contributed by atoms with Gasteiger partial charge in [-0.2, -0.15) is 0 Å². The van der Waals surface area contributed by atoms with Crippen molar-refractivity contribution >= 4 is 29.3 Å². The Morgan fingerprint density at radius 1 is 1.19 bits per heavy atom. The number of carbonyl (C=O) groups excluding carboxylic acids is 1. The van der Waals surface area contributed by atoms with Crippen molar-refractivity contribution in [1.82, 2.24) is 14.9 Å². The molecule has 3 rings (SSSR count). The molecular formula is C18H22ClN5O2. The molecule has 7 nitrogen and oxygen atoms in total. The summed E-state index contributed by atoms with van der Waals surface area (Å²) < 4.78 is 5.33. The molecule has 0 bridgehead atoms. The maximum atomic E-state index is 12.7. The lowest BCUT2D eigenvalue weighted by Gasteiger charge is -2.23. The number of methoxy groups -OCH3 is 1. The number of rotatable bonds is 3. The highest BCUT2D eigenvalue weighted by Crippen LogP contribution is 2.31. The molecule has 0 aliphatic carbocycles. The van der Waals surface area contributed by atoms with E-state index in [2.05, 4.69) is 20.2 Å². The van der Waals surface area contributed by atoms with Gasteiger partial charge in [0.1, 0.15) is 5.75 Å². The summed E-state index contributed by atoms with van der Waals surface area (Å²) in [5, 5.41) is 3.54. The Kier molecular flexibility index (Phi) is 5.78. The Hall–Kier alpha value is -2.54. The molecule has 1 aliphatic heterocycles. The SMILES string of the molecule is COc1cc(Cl)c(C)cc1NC(=O)N1CCCN(c2ncccn2)CC1. The topological polar surface area (TPSA) is 70.6 Å². The molecule has 26 heavy (non-hydrogen) atoms. The van der Waals surface area contributed by atoms with Crippen molar-refractivity contribution in [3.05, 3.63) is 41.2 Å². The number of hydrogen-bond donors (Lipinski definition) is 1. The summed E-state index contributed by atoms with van der Waals surface area (Å²) in [5.41, 5.74) is 1.50. The standard InChI is InChI=1S/C18H22ClN5O2/c1-13-11-15(16(26-2)12-14(13)19)22-18(25)24-8-4-7-23(9-10-24)17-20-5-3-6-21-17/h3,5-6,11-12H,4,7-10H2,1-2H3,(H,22,25). The molecule has 1 aromatic carbocycles. The second-order valence-corrected chi connectivity index (χ2v) is 6.52. The van der Waals surface area contributed by atoms with Gasteiger partial charge in [0, 0.05) is 49.7 Å². The van der Waals surface area contributed by atoms with Crippen LogP contribution in [0.15, 0.2) is 30.6 Å². The van der Waals surface area contributed by atoms with Crippen LogP contribution in [0.5, 0.6) is 5.75 Å². The molecule has 1 fully saturated rings. The van der Waals surface area contributed by atoms with Gasteiger partial charge in [0.05, 0.1) is 12.8 Å². The third kappa shape index (κ3) is 4.16. The summed E-state index contributed by atoms with van der Waals surface area (Å²) in [6.45, 7) is 4.66. The van der Waals surface area contributed by atoms with Gasteiger partial charge >= 0.3 is 6.03 Å². The van der Waals surface area contributed by atoms with Crippen molar-refractivity contribution in [2.24, 2.45) is 0 Å². The van der Waals surface area contributed by atoms with Crippen LogP contribution in [-0.2, 0) is 0 Å². The fourth-order valence-electron chi connectivity index (χ4n) is 2.90. The molecule has 1 aromatic heterocycles. The average molecular weight is 376 g/mol. The van der Waals surface area contributed by atoms with Crippen molar-refractivity contribution in [2.75, 3.05) is 43.5 Å². The minimum Gasteiger partial charge on any atom is -0.495 e. The lowest BCUT2D eigenvalue weighted by Crippen LogP contribution is -2.38. The molecule has 138 valence electrons. The number of halogens is 1. The van der Waals surface area contributed by atoms with Gasteiger partial charge in [0.15, 0.2) is 0 Å². The number of aryl methyl sites for hydroxylation is 1. The van der Waals surface area contributed by atoms with E-state index < -0.39 is 0 Å². The Morgan fingerprint density at radius 2 is 1.96 bits per heavy atom. The smallest absolute Gasteiger partial charge is 0.322 e. The Labute approximate surface area is 157 Å². The van der Waals surface area contributed by atoms with Crippen molar-refractivity contribution < 1.29 is 9.53 Å². The third-order valence-corrected chi connectivity index (χ3v) is 4.75. The molecule has 0 spiro atoms. The van der Waals surface area contributed by atoms with E-state index in [1.165, 1.54) is 0 Å². The van der Waals surface area contributed by atoms with Crippen molar-refractivity contribution in [3.63, 3.8) is 0 Å². The van der Waals surface area contributed by atoms with E-state index in [-0.39, 0.29) is 6.03 Å². The number of urea groups is 1. The van der Waals surface area contributed by atoms with Gasteiger partial charge in [-0.05, 0) is 31.0 Å². The van der Waals surface area contributed by atoms with Gasteiger partial charge in [-0.3, -0.25) is 0 Å². The van der Waals surface area contributed by atoms with Gasteiger partial charge in [0.25, 0.3) is 0 Å². The van der Waals surface area contributed by atoms with E-state index in [4.69, 9.17) is 16.3 Å². The van der Waals surface area contributed by atoms with Gasteiger partial charge < -0.3 is 19.9 Å². The van der Waals surface area contributed by atoms with E-state index in [1.54, 1.807) is 36.5 Å². The zero-order valence-corrected chi connectivity index (χ0v) is 15.7. The van der Waals surface area contributed by atoms with Crippen LogP contribution >= 0.6 is 11.6 Å². The summed E-state index contributed by atoms with van der Waals surface area (Å²) in [6.07, 6.45) is 4.31. The first-order valence-electron chi connectivity index (χ1n) is 8.50. The third-order valence-electron chi connectivity index (χ3n) is 4.34. The van der Waals surface area contributed by atoms with Gasteiger partial charge in [-0.1, -0.05) is 11.6 Å². The minimum absolute atomic E-state index is 0.152. The van der Waals surface area contributed by atoms with E-state index in [0.717, 1.165) is 18.5 Å². The molecule has 0 atom stereocenters. The second-order valence-electron chi connectivity index (χ2n) is 6.11. The Morgan fingerprint density at radius 3 is 2.69 bits per heavy atom. The molecule has 0 saturated carbocycles. The lowest BCUT2D eigenvalue weighted by molar-refractivity contribution is 0.215. The highest BCUT2D eigenvalue weighted by Gasteiger charge is 2.21. The highest BCUT2D eigenvalue weighted by atomic mass is 35.5. The number of aromatic nitrogens is 2. The monoisotopic (exact) mass is 375 g/mol.